The van der Waals surface area contributed by atoms with E-state index in [1.165, 1.54) is 11.0 Å². The predicted molar refractivity (Wildman–Crippen MR) is 128 cm³/mol. The zero-order valence-corrected chi connectivity index (χ0v) is 20.9. The molecule has 2 aromatic carbocycles. The molecule has 0 aromatic heterocycles. The Kier molecular flexibility index (Phi) is 9.31. The van der Waals surface area contributed by atoms with Gasteiger partial charge in [0.05, 0.1) is 17.5 Å². The summed E-state index contributed by atoms with van der Waals surface area (Å²) >= 11 is 0. The minimum Gasteiger partial charge on any atom is -0.355 e. The van der Waals surface area contributed by atoms with Crippen molar-refractivity contribution in [2.45, 2.75) is 46.0 Å². The van der Waals surface area contributed by atoms with Crippen molar-refractivity contribution in [1.82, 2.24) is 10.2 Å². The normalized spacial score (nSPS) is 12.7. The third kappa shape index (κ3) is 7.71. The van der Waals surface area contributed by atoms with Crippen LogP contribution < -0.4 is 9.62 Å². The second kappa shape index (κ2) is 11.6. The standard InChI is InChI=1S/C24H30F3N3O4S/c1-5-21(23(32)28-6-2)29(15-18-10-7-9-17(3)13-18)22(31)16-30(35(4,33)34)20-12-8-11-19(14-20)24(25,26)27/h7-14,21H,5-6,15-16H2,1-4H3,(H,28,32)/t21-/m0/s1. The van der Waals surface area contributed by atoms with E-state index in [4.69, 9.17) is 0 Å². The van der Waals surface area contributed by atoms with Gasteiger partial charge in [0.1, 0.15) is 12.6 Å². The minimum atomic E-state index is -4.69. The van der Waals surface area contributed by atoms with E-state index in [-0.39, 0.29) is 18.7 Å². The number of likely N-dealkylation sites (N-methyl/N-ethyl adjacent to an activating group) is 1. The maximum absolute atomic E-state index is 13.5. The molecule has 0 radical (unpaired) electrons. The Morgan fingerprint density at radius 2 is 1.71 bits per heavy atom. The van der Waals surface area contributed by atoms with Crippen LogP contribution in [0.2, 0.25) is 0 Å². The van der Waals surface area contributed by atoms with Gasteiger partial charge in [0.25, 0.3) is 0 Å². The van der Waals surface area contributed by atoms with Crippen molar-refractivity contribution in [3.05, 3.63) is 65.2 Å². The van der Waals surface area contributed by atoms with Gasteiger partial charge >= 0.3 is 6.18 Å². The lowest BCUT2D eigenvalue weighted by Crippen LogP contribution is -2.52. The first kappa shape index (κ1) is 28.2. The molecule has 0 spiro atoms. The van der Waals surface area contributed by atoms with Crippen LogP contribution in [0.4, 0.5) is 18.9 Å². The van der Waals surface area contributed by atoms with E-state index in [0.717, 1.165) is 29.5 Å². The Balaban J connectivity index is 2.48. The smallest absolute Gasteiger partial charge is 0.355 e. The lowest BCUT2D eigenvalue weighted by molar-refractivity contribution is -0.140. The zero-order chi connectivity index (χ0) is 26.4. The summed E-state index contributed by atoms with van der Waals surface area (Å²) in [5.74, 6) is -1.12. The van der Waals surface area contributed by atoms with Crippen LogP contribution in [0.1, 0.15) is 37.0 Å². The van der Waals surface area contributed by atoms with Crippen LogP contribution in [0.15, 0.2) is 48.5 Å². The minimum absolute atomic E-state index is 0.0242. The van der Waals surface area contributed by atoms with E-state index < -0.39 is 46.2 Å². The molecular formula is C24H30F3N3O4S. The lowest BCUT2D eigenvalue weighted by atomic mass is 10.1. The number of alkyl halides is 3. The second-order valence-electron chi connectivity index (χ2n) is 8.15. The third-order valence-corrected chi connectivity index (χ3v) is 6.45. The summed E-state index contributed by atoms with van der Waals surface area (Å²) in [6.07, 6.45) is -3.62. The highest BCUT2D eigenvalue weighted by Crippen LogP contribution is 2.32. The molecule has 35 heavy (non-hydrogen) atoms. The van der Waals surface area contributed by atoms with Gasteiger partial charge in [-0.25, -0.2) is 8.42 Å². The number of carbonyl (C=O) groups excluding carboxylic acids is 2. The van der Waals surface area contributed by atoms with Gasteiger partial charge in [0.15, 0.2) is 0 Å². The molecule has 0 aliphatic carbocycles. The van der Waals surface area contributed by atoms with Gasteiger partial charge in [0, 0.05) is 13.1 Å². The first-order valence-electron chi connectivity index (χ1n) is 11.1. The van der Waals surface area contributed by atoms with E-state index in [2.05, 4.69) is 5.32 Å². The summed E-state index contributed by atoms with van der Waals surface area (Å²) in [6, 6.07) is 10.2. The van der Waals surface area contributed by atoms with E-state index in [0.29, 0.717) is 16.9 Å². The maximum atomic E-state index is 13.5. The molecule has 0 unspecified atom stereocenters. The molecule has 2 rings (SSSR count). The maximum Gasteiger partial charge on any atom is 0.416 e. The summed E-state index contributed by atoms with van der Waals surface area (Å²) in [6.45, 7) is 4.92. The number of aryl methyl sites for hydroxylation is 1. The molecule has 11 heteroatoms. The van der Waals surface area contributed by atoms with Gasteiger partial charge < -0.3 is 10.2 Å². The summed E-state index contributed by atoms with van der Waals surface area (Å²) in [5, 5.41) is 2.68. The van der Waals surface area contributed by atoms with E-state index in [9.17, 15) is 31.2 Å². The Bertz CT molecular complexity index is 1150. The van der Waals surface area contributed by atoms with Crippen LogP contribution in [0.25, 0.3) is 0 Å². The number of benzene rings is 2. The molecule has 0 heterocycles. The highest BCUT2D eigenvalue weighted by atomic mass is 32.2. The fraction of sp³-hybridized carbons (Fsp3) is 0.417. The molecule has 0 saturated carbocycles. The number of rotatable bonds is 10. The molecule has 192 valence electrons. The van der Waals surface area contributed by atoms with Gasteiger partial charge in [0.2, 0.25) is 21.8 Å². The molecule has 0 bridgehead atoms. The summed E-state index contributed by atoms with van der Waals surface area (Å²) in [4.78, 5) is 27.5. The van der Waals surface area contributed by atoms with Gasteiger partial charge in [-0.3, -0.25) is 13.9 Å². The Labute approximate surface area is 204 Å². The fourth-order valence-electron chi connectivity index (χ4n) is 3.67. The number of amides is 2. The zero-order valence-electron chi connectivity index (χ0n) is 20.1. The van der Waals surface area contributed by atoms with Crippen molar-refractivity contribution in [3.63, 3.8) is 0 Å². The van der Waals surface area contributed by atoms with Crippen molar-refractivity contribution >= 4 is 27.5 Å². The van der Waals surface area contributed by atoms with Crippen molar-refractivity contribution < 1.29 is 31.2 Å². The Hall–Kier alpha value is -3.08. The van der Waals surface area contributed by atoms with Crippen LogP contribution >= 0.6 is 0 Å². The van der Waals surface area contributed by atoms with Crippen molar-refractivity contribution in [3.8, 4) is 0 Å². The average molecular weight is 514 g/mol. The molecule has 2 amide bonds. The van der Waals surface area contributed by atoms with Crippen LogP contribution in [0, 0.1) is 6.92 Å². The quantitative estimate of drug-likeness (QED) is 0.525. The highest BCUT2D eigenvalue weighted by Gasteiger charge is 2.34. The predicted octanol–water partition coefficient (Wildman–Crippen LogP) is 3.72. The molecule has 1 atom stereocenters. The second-order valence-corrected chi connectivity index (χ2v) is 10.1. The number of hydrogen-bond acceptors (Lipinski definition) is 4. The third-order valence-electron chi connectivity index (χ3n) is 5.31. The largest absolute Gasteiger partial charge is 0.416 e. The number of hydrogen-bond donors (Lipinski definition) is 1. The SMILES string of the molecule is CCNC(=O)[C@H](CC)N(Cc1cccc(C)c1)C(=O)CN(c1cccc(C(F)(F)F)c1)S(C)(=O)=O. The van der Waals surface area contributed by atoms with Gasteiger partial charge in [-0.2, -0.15) is 13.2 Å². The summed E-state index contributed by atoms with van der Waals surface area (Å²) in [5.41, 5.74) is 0.326. The van der Waals surface area contributed by atoms with Gasteiger partial charge in [-0.15, -0.1) is 0 Å². The molecule has 2 aromatic rings. The average Bonchev–Trinajstić information content (AvgIpc) is 2.76. The number of halogens is 3. The van der Waals surface area contributed by atoms with Crippen LogP contribution in [0.5, 0.6) is 0 Å². The molecule has 0 saturated heterocycles. The molecule has 1 N–H and O–H groups in total. The number of anilines is 1. The number of nitrogens with one attached hydrogen (secondary N) is 1. The van der Waals surface area contributed by atoms with Crippen molar-refractivity contribution in [2.75, 3.05) is 23.7 Å². The van der Waals surface area contributed by atoms with Crippen molar-refractivity contribution in [1.29, 1.82) is 0 Å². The molecule has 0 aliphatic rings. The number of carbonyl (C=O) groups is 2. The summed E-state index contributed by atoms with van der Waals surface area (Å²) < 4.78 is 65.3. The van der Waals surface area contributed by atoms with Gasteiger partial charge in [-0.1, -0.05) is 42.8 Å². The highest BCUT2D eigenvalue weighted by molar-refractivity contribution is 7.92. The molecule has 0 fully saturated rings. The fourth-order valence-corrected chi connectivity index (χ4v) is 4.51. The van der Waals surface area contributed by atoms with E-state index >= 15 is 0 Å². The van der Waals surface area contributed by atoms with Crippen LogP contribution in [-0.2, 0) is 32.3 Å². The number of nitrogens with zero attached hydrogens (tertiary/aromatic N) is 2. The Morgan fingerprint density at radius 3 is 2.26 bits per heavy atom. The number of sulfonamides is 1. The van der Waals surface area contributed by atoms with E-state index in [1.54, 1.807) is 26.0 Å². The van der Waals surface area contributed by atoms with Crippen LogP contribution in [0.3, 0.4) is 0 Å². The molecule has 0 aliphatic heterocycles. The molecule has 7 nitrogen and oxygen atoms in total. The first-order valence-corrected chi connectivity index (χ1v) is 12.9. The summed E-state index contributed by atoms with van der Waals surface area (Å²) in [7, 11) is -4.13. The Morgan fingerprint density at radius 1 is 1.06 bits per heavy atom. The lowest BCUT2D eigenvalue weighted by Gasteiger charge is -2.33. The van der Waals surface area contributed by atoms with Crippen molar-refractivity contribution in [2.24, 2.45) is 0 Å². The van der Waals surface area contributed by atoms with Gasteiger partial charge in [-0.05, 0) is 44.0 Å². The molecular weight excluding hydrogens is 483 g/mol. The monoisotopic (exact) mass is 513 g/mol. The van der Waals surface area contributed by atoms with Crippen LogP contribution in [-0.4, -0.2) is 50.5 Å². The van der Waals surface area contributed by atoms with E-state index in [1.807, 2.05) is 19.1 Å². The topological polar surface area (TPSA) is 86.8 Å². The first-order chi connectivity index (χ1) is 16.3.